The zero-order valence-corrected chi connectivity index (χ0v) is 11.9. The molecule has 1 aliphatic carbocycles. The molecule has 0 unspecified atom stereocenters. The molecule has 0 aliphatic heterocycles. The van der Waals surface area contributed by atoms with Gasteiger partial charge in [-0.25, -0.2) is 9.37 Å². The molecule has 0 spiro atoms. The van der Waals surface area contributed by atoms with Crippen LogP contribution in [0.25, 0.3) is 0 Å². The Bertz CT molecular complexity index is 615. The van der Waals surface area contributed by atoms with Gasteiger partial charge in [0.15, 0.2) is 5.82 Å². The van der Waals surface area contributed by atoms with Gasteiger partial charge >= 0.3 is 0 Å². The average Bonchev–Trinajstić information content (AvgIpc) is 2.42. The molecule has 3 rings (SSSR count). The Morgan fingerprint density at radius 1 is 1.11 bits per heavy atom. The van der Waals surface area contributed by atoms with E-state index in [0.717, 1.165) is 12.8 Å². The lowest BCUT2D eigenvalue weighted by atomic mass is 9.92. The summed E-state index contributed by atoms with van der Waals surface area (Å²) in [6.07, 6.45) is 6.18. The van der Waals surface area contributed by atoms with Crippen LogP contribution in [0.1, 0.15) is 24.0 Å². The van der Waals surface area contributed by atoms with E-state index in [9.17, 15) is 4.39 Å². The molecule has 2 aromatic rings. The van der Waals surface area contributed by atoms with Gasteiger partial charge < -0.3 is 4.74 Å². The molecule has 98 valence electrons. The van der Waals surface area contributed by atoms with Crippen LogP contribution in [0, 0.1) is 5.82 Å². The number of fused-ring (bicyclic) bond motifs is 1. The maximum Gasteiger partial charge on any atom is 0.255 e. The number of halogens is 2. The second-order valence-electron chi connectivity index (χ2n) is 4.68. The number of benzene rings is 1. The monoisotopic (exact) mass is 321 g/mol. The number of hydrogen-bond donors (Lipinski definition) is 0. The van der Waals surface area contributed by atoms with E-state index in [0.29, 0.717) is 10.2 Å². The van der Waals surface area contributed by atoms with Crippen molar-refractivity contribution in [1.29, 1.82) is 0 Å². The fraction of sp³-hybridized carbons (Fsp3) is 0.267. The van der Waals surface area contributed by atoms with Gasteiger partial charge in [0.2, 0.25) is 0 Å². The Kier molecular flexibility index (Phi) is 3.51. The van der Waals surface area contributed by atoms with Gasteiger partial charge in [-0.3, -0.25) is 0 Å². The van der Waals surface area contributed by atoms with Crippen LogP contribution in [-0.2, 0) is 12.8 Å². The largest absolute Gasteiger partial charge is 0.436 e. The summed E-state index contributed by atoms with van der Waals surface area (Å²) in [6, 6.07) is 7.30. The number of pyridine rings is 1. The first kappa shape index (κ1) is 12.6. The molecule has 2 nitrogen and oxygen atoms in total. The van der Waals surface area contributed by atoms with Crippen LogP contribution < -0.4 is 4.74 Å². The van der Waals surface area contributed by atoms with Crippen LogP contribution in [-0.4, -0.2) is 4.98 Å². The minimum atomic E-state index is -0.466. The molecule has 0 radical (unpaired) electrons. The molecule has 0 N–H and O–H groups in total. The summed E-state index contributed by atoms with van der Waals surface area (Å²) in [5.74, 6) is 0.195. The van der Waals surface area contributed by atoms with Gasteiger partial charge in [-0.1, -0.05) is 6.07 Å². The highest BCUT2D eigenvalue weighted by Crippen LogP contribution is 2.29. The summed E-state index contributed by atoms with van der Waals surface area (Å²) in [6.45, 7) is 0. The van der Waals surface area contributed by atoms with Crippen molar-refractivity contribution in [3.8, 4) is 11.6 Å². The quantitative estimate of drug-likeness (QED) is 0.803. The van der Waals surface area contributed by atoms with E-state index in [-0.39, 0.29) is 5.88 Å². The van der Waals surface area contributed by atoms with Gasteiger partial charge in [0.25, 0.3) is 5.88 Å². The third-order valence-corrected chi connectivity index (χ3v) is 3.74. The summed E-state index contributed by atoms with van der Waals surface area (Å²) in [7, 11) is 0. The molecule has 0 fully saturated rings. The summed E-state index contributed by atoms with van der Waals surface area (Å²) < 4.78 is 19.8. The Morgan fingerprint density at radius 2 is 1.89 bits per heavy atom. The SMILES string of the molecule is Fc1cc(Br)cnc1Oc1ccc2c(c1)CCCC2. The van der Waals surface area contributed by atoms with Crippen molar-refractivity contribution >= 4 is 15.9 Å². The van der Waals surface area contributed by atoms with Gasteiger partial charge in [0, 0.05) is 10.7 Å². The first-order valence-electron chi connectivity index (χ1n) is 6.33. The Hall–Kier alpha value is -1.42. The maximum atomic E-state index is 13.7. The topological polar surface area (TPSA) is 22.1 Å². The number of aryl methyl sites for hydroxylation is 2. The molecule has 4 heteroatoms. The Labute approximate surface area is 119 Å². The number of ether oxygens (including phenoxy) is 1. The second kappa shape index (κ2) is 5.29. The summed E-state index contributed by atoms with van der Waals surface area (Å²) >= 11 is 3.17. The number of aromatic nitrogens is 1. The molecular formula is C15H13BrFNO. The van der Waals surface area contributed by atoms with Gasteiger partial charge in [-0.2, -0.15) is 0 Å². The zero-order chi connectivity index (χ0) is 13.2. The molecule has 1 aromatic heterocycles. The highest BCUT2D eigenvalue weighted by Gasteiger charge is 2.12. The van der Waals surface area contributed by atoms with Crippen molar-refractivity contribution < 1.29 is 9.13 Å². The summed E-state index contributed by atoms with van der Waals surface area (Å²) in [5.41, 5.74) is 2.68. The van der Waals surface area contributed by atoms with Gasteiger partial charge in [-0.15, -0.1) is 0 Å². The van der Waals surface area contributed by atoms with Crippen molar-refractivity contribution in [3.63, 3.8) is 0 Å². The van der Waals surface area contributed by atoms with Crippen molar-refractivity contribution in [3.05, 3.63) is 51.9 Å². The molecule has 0 bridgehead atoms. The lowest BCUT2D eigenvalue weighted by molar-refractivity contribution is 0.421. The molecule has 1 aliphatic rings. The van der Waals surface area contributed by atoms with E-state index < -0.39 is 5.82 Å². The third kappa shape index (κ3) is 2.78. The molecule has 19 heavy (non-hydrogen) atoms. The summed E-state index contributed by atoms with van der Waals surface area (Å²) in [5, 5.41) is 0. The van der Waals surface area contributed by atoms with Crippen LogP contribution in [0.5, 0.6) is 11.6 Å². The van der Waals surface area contributed by atoms with Gasteiger partial charge in [0.1, 0.15) is 5.75 Å². The van der Waals surface area contributed by atoms with E-state index >= 15 is 0 Å². The highest BCUT2D eigenvalue weighted by molar-refractivity contribution is 9.10. The van der Waals surface area contributed by atoms with Crippen LogP contribution >= 0.6 is 15.9 Å². The normalized spacial score (nSPS) is 14.0. The third-order valence-electron chi connectivity index (χ3n) is 3.31. The Morgan fingerprint density at radius 3 is 2.68 bits per heavy atom. The van der Waals surface area contributed by atoms with Crippen LogP contribution in [0.4, 0.5) is 4.39 Å². The molecule has 0 saturated heterocycles. The van der Waals surface area contributed by atoms with Crippen molar-refractivity contribution in [2.24, 2.45) is 0 Å². The fourth-order valence-electron chi connectivity index (χ4n) is 2.36. The first-order chi connectivity index (χ1) is 9.22. The van der Waals surface area contributed by atoms with Crippen molar-refractivity contribution in [2.45, 2.75) is 25.7 Å². The lowest BCUT2D eigenvalue weighted by Crippen LogP contribution is -2.02. The van der Waals surface area contributed by atoms with E-state index in [1.54, 1.807) is 0 Å². The van der Waals surface area contributed by atoms with E-state index in [2.05, 4.69) is 27.0 Å². The van der Waals surface area contributed by atoms with E-state index in [1.165, 1.54) is 36.2 Å². The number of nitrogens with zero attached hydrogens (tertiary/aromatic N) is 1. The second-order valence-corrected chi connectivity index (χ2v) is 5.60. The van der Waals surface area contributed by atoms with Gasteiger partial charge in [-0.05, 0) is 70.9 Å². The Balaban J connectivity index is 1.87. The smallest absolute Gasteiger partial charge is 0.255 e. The lowest BCUT2D eigenvalue weighted by Gasteiger charge is -2.16. The van der Waals surface area contributed by atoms with Crippen molar-refractivity contribution in [1.82, 2.24) is 4.98 Å². The zero-order valence-electron chi connectivity index (χ0n) is 10.3. The molecule has 0 atom stereocenters. The van der Waals surface area contributed by atoms with E-state index in [4.69, 9.17) is 4.74 Å². The molecule has 1 heterocycles. The first-order valence-corrected chi connectivity index (χ1v) is 7.12. The van der Waals surface area contributed by atoms with Crippen molar-refractivity contribution in [2.75, 3.05) is 0 Å². The molecule has 0 amide bonds. The van der Waals surface area contributed by atoms with E-state index in [1.807, 2.05) is 12.1 Å². The minimum absolute atomic E-state index is 0.0129. The standard InChI is InChI=1S/C15H13BrFNO/c16-12-8-14(17)15(18-9-12)19-13-6-5-10-3-1-2-4-11(10)7-13/h5-9H,1-4H2. The predicted octanol–water partition coefficient (Wildman–Crippen LogP) is 4.65. The minimum Gasteiger partial charge on any atom is -0.436 e. The van der Waals surface area contributed by atoms with Crippen LogP contribution in [0.3, 0.4) is 0 Å². The predicted molar refractivity (Wildman–Crippen MR) is 75.1 cm³/mol. The highest BCUT2D eigenvalue weighted by atomic mass is 79.9. The summed E-state index contributed by atoms with van der Waals surface area (Å²) in [4.78, 5) is 3.94. The number of rotatable bonds is 2. The molecule has 0 saturated carbocycles. The average molecular weight is 322 g/mol. The fourth-order valence-corrected chi connectivity index (χ4v) is 2.67. The molecule has 1 aromatic carbocycles. The number of hydrogen-bond acceptors (Lipinski definition) is 2. The van der Waals surface area contributed by atoms with Crippen LogP contribution in [0.2, 0.25) is 0 Å². The maximum absolute atomic E-state index is 13.7. The van der Waals surface area contributed by atoms with Gasteiger partial charge in [0.05, 0.1) is 0 Å². The van der Waals surface area contributed by atoms with Crippen LogP contribution in [0.15, 0.2) is 34.9 Å². The molecular weight excluding hydrogens is 309 g/mol.